The minimum Gasteiger partial charge on any atom is -0.338 e. The topological polar surface area (TPSA) is 98.7 Å². The molecule has 152 valence electrons. The zero-order valence-electron chi connectivity index (χ0n) is 15.2. The fourth-order valence-electron chi connectivity index (χ4n) is 2.86. The van der Waals surface area contributed by atoms with E-state index in [4.69, 9.17) is 16.1 Å². The smallest absolute Gasteiger partial charge is 0.338 e. The number of nitrogens with zero attached hydrogens (tertiary/aromatic N) is 5. The highest BCUT2D eigenvalue weighted by atomic mass is 35.5. The molecule has 0 saturated heterocycles. The van der Waals surface area contributed by atoms with Crippen molar-refractivity contribution in [2.24, 2.45) is 7.05 Å². The maximum Gasteiger partial charge on any atom is 0.435 e. The van der Waals surface area contributed by atoms with E-state index < -0.39 is 23.3 Å². The Morgan fingerprint density at radius 1 is 1.34 bits per heavy atom. The molecule has 0 aromatic carbocycles. The van der Waals surface area contributed by atoms with E-state index in [1.54, 1.807) is 13.0 Å². The third kappa shape index (κ3) is 3.57. The molecule has 8 nitrogen and oxygen atoms in total. The molecule has 0 radical (unpaired) electrons. The number of aryl methyl sites for hydroxylation is 2. The molecule has 0 atom stereocenters. The van der Waals surface area contributed by atoms with E-state index in [9.17, 15) is 18.0 Å². The van der Waals surface area contributed by atoms with E-state index in [1.165, 1.54) is 13.2 Å². The SMILES string of the molecule is Cc1cc(-c2nc(C3(NC(=O)c4cc(C(F)(F)F)nn4C)CC3)no2)c(Cl)cn1. The van der Waals surface area contributed by atoms with Crippen molar-refractivity contribution in [2.75, 3.05) is 0 Å². The van der Waals surface area contributed by atoms with Crippen LogP contribution in [0.4, 0.5) is 13.2 Å². The molecule has 29 heavy (non-hydrogen) atoms. The summed E-state index contributed by atoms with van der Waals surface area (Å²) in [7, 11) is 1.27. The normalized spacial score (nSPS) is 15.4. The molecule has 0 spiro atoms. The molecule has 12 heteroatoms. The lowest BCUT2D eigenvalue weighted by Gasteiger charge is -2.13. The van der Waals surface area contributed by atoms with E-state index in [2.05, 4.69) is 25.5 Å². The Balaban J connectivity index is 1.58. The lowest BCUT2D eigenvalue weighted by Crippen LogP contribution is -2.36. The van der Waals surface area contributed by atoms with Crippen LogP contribution in [0.5, 0.6) is 0 Å². The van der Waals surface area contributed by atoms with Crippen LogP contribution in [0.3, 0.4) is 0 Å². The van der Waals surface area contributed by atoms with Gasteiger partial charge in [-0.3, -0.25) is 14.5 Å². The van der Waals surface area contributed by atoms with Crippen molar-refractivity contribution in [2.45, 2.75) is 31.5 Å². The highest BCUT2D eigenvalue weighted by molar-refractivity contribution is 6.33. The van der Waals surface area contributed by atoms with Crippen LogP contribution in [0.15, 0.2) is 22.9 Å². The predicted molar refractivity (Wildman–Crippen MR) is 93.9 cm³/mol. The molecule has 1 N–H and O–H groups in total. The Kier molecular flexibility index (Phi) is 4.37. The van der Waals surface area contributed by atoms with Gasteiger partial charge in [-0.2, -0.15) is 23.3 Å². The number of halogens is 4. The molecular weight excluding hydrogens is 413 g/mol. The van der Waals surface area contributed by atoms with Crippen LogP contribution in [0.25, 0.3) is 11.5 Å². The van der Waals surface area contributed by atoms with Crippen LogP contribution < -0.4 is 5.32 Å². The first kappa shape index (κ1) is 19.4. The lowest BCUT2D eigenvalue weighted by atomic mass is 10.2. The van der Waals surface area contributed by atoms with E-state index in [-0.39, 0.29) is 17.4 Å². The van der Waals surface area contributed by atoms with Gasteiger partial charge in [0, 0.05) is 25.0 Å². The second kappa shape index (κ2) is 6.55. The van der Waals surface area contributed by atoms with Gasteiger partial charge in [0.15, 0.2) is 11.5 Å². The number of amides is 1. The third-order valence-electron chi connectivity index (χ3n) is 4.58. The van der Waals surface area contributed by atoms with Crippen LogP contribution in [-0.2, 0) is 18.8 Å². The molecule has 1 fully saturated rings. The van der Waals surface area contributed by atoms with Gasteiger partial charge < -0.3 is 9.84 Å². The second-order valence-corrected chi connectivity index (χ2v) is 7.21. The molecule has 4 rings (SSSR count). The molecule has 1 aliphatic carbocycles. The summed E-state index contributed by atoms with van der Waals surface area (Å²) in [6.45, 7) is 1.78. The number of rotatable bonds is 4. The monoisotopic (exact) mass is 426 g/mol. The summed E-state index contributed by atoms with van der Waals surface area (Å²) in [4.78, 5) is 20.9. The number of carbonyl (C=O) groups excluding carboxylic acids is 1. The van der Waals surface area contributed by atoms with Gasteiger partial charge in [-0.15, -0.1) is 0 Å². The summed E-state index contributed by atoms with van der Waals surface area (Å²) in [5.74, 6) is -0.322. The number of alkyl halides is 3. The van der Waals surface area contributed by atoms with E-state index in [0.717, 1.165) is 4.68 Å². The van der Waals surface area contributed by atoms with Crippen LogP contribution in [0, 0.1) is 6.92 Å². The molecule has 1 aliphatic rings. The molecule has 1 amide bonds. The molecule has 3 aromatic heterocycles. The standard InChI is InChI=1S/C17H14ClF3N6O2/c1-8-5-9(10(18)7-22-8)14-23-15(26-29-14)16(3-4-16)24-13(28)11-6-12(17(19,20)21)25-27(11)2/h5-7H,3-4H2,1-2H3,(H,24,28). The predicted octanol–water partition coefficient (Wildman–Crippen LogP) is 3.26. The van der Waals surface area contributed by atoms with Crippen LogP contribution in [0.1, 0.15) is 40.5 Å². The Morgan fingerprint density at radius 3 is 2.69 bits per heavy atom. The van der Waals surface area contributed by atoms with E-state index >= 15 is 0 Å². The van der Waals surface area contributed by atoms with Gasteiger partial charge in [0.2, 0.25) is 0 Å². The number of aromatic nitrogens is 5. The first-order valence-electron chi connectivity index (χ1n) is 8.49. The summed E-state index contributed by atoms with van der Waals surface area (Å²) < 4.78 is 44.7. The van der Waals surface area contributed by atoms with Gasteiger partial charge in [-0.05, 0) is 25.8 Å². The van der Waals surface area contributed by atoms with Crippen molar-refractivity contribution in [1.82, 2.24) is 30.2 Å². The zero-order chi connectivity index (χ0) is 21.0. The van der Waals surface area contributed by atoms with Crippen molar-refractivity contribution in [3.05, 3.63) is 46.3 Å². The highest BCUT2D eigenvalue weighted by Crippen LogP contribution is 2.45. The van der Waals surface area contributed by atoms with Crippen LogP contribution >= 0.6 is 11.6 Å². The Bertz CT molecular complexity index is 1100. The van der Waals surface area contributed by atoms with Gasteiger partial charge in [-0.25, -0.2) is 0 Å². The van der Waals surface area contributed by atoms with Crippen molar-refractivity contribution in [3.63, 3.8) is 0 Å². The number of pyridine rings is 1. The molecule has 0 unspecified atom stereocenters. The minimum atomic E-state index is -4.64. The van der Waals surface area contributed by atoms with Gasteiger partial charge in [0.1, 0.15) is 11.2 Å². The van der Waals surface area contributed by atoms with Gasteiger partial charge >= 0.3 is 6.18 Å². The molecule has 0 aliphatic heterocycles. The van der Waals surface area contributed by atoms with Crippen LogP contribution in [-0.4, -0.2) is 30.8 Å². The van der Waals surface area contributed by atoms with Crippen LogP contribution in [0.2, 0.25) is 5.02 Å². The van der Waals surface area contributed by atoms with Crippen molar-refractivity contribution < 1.29 is 22.5 Å². The third-order valence-corrected chi connectivity index (χ3v) is 4.88. The molecule has 3 heterocycles. The molecule has 0 bridgehead atoms. The quantitative estimate of drug-likeness (QED) is 0.687. The summed E-state index contributed by atoms with van der Waals surface area (Å²) in [6.07, 6.45) is -2.14. The largest absolute Gasteiger partial charge is 0.435 e. The van der Waals surface area contributed by atoms with Crippen molar-refractivity contribution >= 4 is 17.5 Å². The van der Waals surface area contributed by atoms with Gasteiger partial charge in [-0.1, -0.05) is 16.8 Å². The summed E-state index contributed by atoms with van der Waals surface area (Å²) >= 11 is 6.13. The average molecular weight is 427 g/mol. The maximum atomic E-state index is 12.8. The van der Waals surface area contributed by atoms with Gasteiger partial charge in [0.25, 0.3) is 11.8 Å². The lowest BCUT2D eigenvalue weighted by molar-refractivity contribution is -0.141. The summed E-state index contributed by atoms with van der Waals surface area (Å²) in [6, 6.07) is 2.39. The second-order valence-electron chi connectivity index (χ2n) is 6.80. The number of hydrogen-bond donors (Lipinski definition) is 1. The van der Waals surface area contributed by atoms with Gasteiger partial charge in [0.05, 0.1) is 10.6 Å². The van der Waals surface area contributed by atoms with Crippen molar-refractivity contribution in [3.8, 4) is 11.5 Å². The Hall–Kier alpha value is -2.95. The Labute approximate surface area is 167 Å². The molecular formula is C17H14ClF3N6O2. The number of nitrogens with one attached hydrogen (secondary N) is 1. The number of hydrogen-bond acceptors (Lipinski definition) is 6. The fraction of sp³-hybridized carbons (Fsp3) is 0.353. The summed E-state index contributed by atoms with van der Waals surface area (Å²) in [5, 5.41) is 10.3. The van der Waals surface area contributed by atoms with E-state index in [1.807, 2.05) is 0 Å². The summed E-state index contributed by atoms with van der Waals surface area (Å²) in [5.41, 5.74) is -1.06. The molecule has 1 saturated carbocycles. The fourth-order valence-corrected chi connectivity index (χ4v) is 3.05. The first-order chi connectivity index (χ1) is 13.6. The highest BCUT2D eigenvalue weighted by Gasteiger charge is 2.50. The number of carbonyl (C=O) groups is 1. The van der Waals surface area contributed by atoms with Crippen molar-refractivity contribution in [1.29, 1.82) is 0 Å². The maximum absolute atomic E-state index is 12.8. The first-order valence-corrected chi connectivity index (χ1v) is 8.87. The zero-order valence-corrected chi connectivity index (χ0v) is 16.0. The Morgan fingerprint density at radius 2 is 2.07 bits per heavy atom. The molecule has 3 aromatic rings. The average Bonchev–Trinajstić information content (AvgIpc) is 3.06. The minimum absolute atomic E-state index is 0.163. The van der Waals surface area contributed by atoms with E-state index in [0.29, 0.717) is 35.2 Å².